The molecule has 2 aromatic heterocycles. The molecule has 0 unspecified atom stereocenters. The number of benzene rings is 1. The summed E-state index contributed by atoms with van der Waals surface area (Å²) >= 11 is 8.74. The number of halogens is 1. The zero-order valence-corrected chi connectivity index (χ0v) is 14.9. The number of hydrogen-bond acceptors (Lipinski definition) is 6. The second-order valence-electron chi connectivity index (χ2n) is 4.87. The van der Waals surface area contributed by atoms with E-state index < -0.39 is 0 Å². The van der Waals surface area contributed by atoms with Crippen LogP contribution in [0.2, 0.25) is 5.02 Å². The van der Waals surface area contributed by atoms with Gasteiger partial charge in [0.15, 0.2) is 0 Å². The van der Waals surface area contributed by atoms with Gasteiger partial charge in [-0.2, -0.15) is 0 Å². The molecule has 0 aliphatic carbocycles. The van der Waals surface area contributed by atoms with Gasteiger partial charge >= 0.3 is 5.97 Å². The van der Waals surface area contributed by atoms with Crippen LogP contribution < -0.4 is 0 Å². The normalized spacial score (nSPS) is 10.7. The number of ether oxygens (including phenoxy) is 1. The molecule has 1 aromatic carbocycles. The van der Waals surface area contributed by atoms with Crippen molar-refractivity contribution >= 4 is 40.2 Å². The second-order valence-corrected chi connectivity index (χ2v) is 7.37. The number of carbonyl (C=O) groups excluding carboxylic acids is 1. The lowest BCUT2D eigenvalue weighted by molar-refractivity contribution is 0.0473. The summed E-state index contributed by atoms with van der Waals surface area (Å²) in [5, 5.41) is 4.31. The molecular formula is C16H13ClN2O2S2. The van der Waals surface area contributed by atoms with E-state index in [4.69, 9.17) is 16.3 Å². The minimum absolute atomic E-state index is 0.152. The predicted octanol–water partition coefficient (Wildman–Crippen LogP) is 4.89. The van der Waals surface area contributed by atoms with Crippen molar-refractivity contribution in [3.8, 4) is 10.6 Å². The molecule has 0 saturated heterocycles. The minimum Gasteiger partial charge on any atom is -0.455 e. The summed E-state index contributed by atoms with van der Waals surface area (Å²) in [5.41, 5.74) is 2.43. The molecule has 4 nitrogen and oxygen atoms in total. The van der Waals surface area contributed by atoms with E-state index in [1.807, 2.05) is 43.5 Å². The third-order valence-corrected chi connectivity index (χ3v) is 5.33. The van der Waals surface area contributed by atoms with Gasteiger partial charge in [0, 0.05) is 16.0 Å². The fraction of sp³-hybridized carbons (Fsp3) is 0.188. The van der Waals surface area contributed by atoms with Crippen LogP contribution >= 0.6 is 34.3 Å². The summed E-state index contributed by atoms with van der Waals surface area (Å²) in [6, 6.07) is 7.49. The van der Waals surface area contributed by atoms with Crippen molar-refractivity contribution in [1.82, 2.24) is 9.97 Å². The second kappa shape index (κ2) is 6.78. The summed E-state index contributed by atoms with van der Waals surface area (Å²) in [6.07, 6.45) is 0. The van der Waals surface area contributed by atoms with Crippen molar-refractivity contribution in [2.24, 2.45) is 0 Å². The molecule has 0 aliphatic rings. The van der Waals surface area contributed by atoms with Crippen LogP contribution in [0.25, 0.3) is 10.6 Å². The Kier molecular flexibility index (Phi) is 4.75. The molecular weight excluding hydrogens is 352 g/mol. The number of rotatable bonds is 4. The first-order valence-electron chi connectivity index (χ1n) is 6.84. The quantitative estimate of drug-likeness (QED) is 0.618. The number of nitrogens with zero attached hydrogens (tertiary/aromatic N) is 2. The SMILES string of the molecule is Cc1nc(C)c(C(=O)OCc2csc(-c3ccc(Cl)cc3)n2)s1. The van der Waals surface area contributed by atoms with Gasteiger partial charge in [0.2, 0.25) is 0 Å². The molecule has 0 N–H and O–H groups in total. The maximum Gasteiger partial charge on any atom is 0.350 e. The average molecular weight is 365 g/mol. The van der Waals surface area contributed by atoms with E-state index in [0.717, 1.165) is 21.3 Å². The molecule has 118 valence electrons. The number of thiazole rings is 2. The Hall–Kier alpha value is -1.76. The lowest BCUT2D eigenvalue weighted by atomic mass is 10.2. The number of carbonyl (C=O) groups is 1. The molecule has 0 saturated carbocycles. The van der Waals surface area contributed by atoms with Crippen LogP contribution in [0.5, 0.6) is 0 Å². The fourth-order valence-electron chi connectivity index (χ4n) is 2.02. The summed E-state index contributed by atoms with van der Waals surface area (Å²) in [5.74, 6) is -0.353. The van der Waals surface area contributed by atoms with Gasteiger partial charge in [-0.05, 0) is 26.0 Å². The van der Waals surface area contributed by atoms with E-state index >= 15 is 0 Å². The molecule has 3 rings (SSSR count). The van der Waals surface area contributed by atoms with Crippen molar-refractivity contribution < 1.29 is 9.53 Å². The first-order valence-corrected chi connectivity index (χ1v) is 8.92. The molecule has 0 aliphatic heterocycles. The van der Waals surface area contributed by atoms with Crippen LogP contribution in [0.3, 0.4) is 0 Å². The number of aryl methyl sites for hydroxylation is 2. The molecule has 0 bridgehead atoms. The summed E-state index contributed by atoms with van der Waals surface area (Å²) < 4.78 is 5.33. The lowest BCUT2D eigenvalue weighted by Gasteiger charge is -2.01. The van der Waals surface area contributed by atoms with E-state index in [2.05, 4.69) is 9.97 Å². The van der Waals surface area contributed by atoms with Crippen molar-refractivity contribution in [1.29, 1.82) is 0 Å². The van der Waals surface area contributed by atoms with Crippen molar-refractivity contribution in [3.05, 3.63) is 55.9 Å². The molecule has 2 heterocycles. The average Bonchev–Trinajstić information content (AvgIpc) is 3.12. The minimum atomic E-state index is -0.353. The van der Waals surface area contributed by atoms with Crippen LogP contribution in [-0.4, -0.2) is 15.9 Å². The van der Waals surface area contributed by atoms with Gasteiger partial charge in [0.05, 0.1) is 16.4 Å². The Bertz CT molecular complexity index is 840. The first kappa shape index (κ1) is 16.1. The molecule has 0 amide bonds. The molecule has 23 heavy (non-hydrogen) atoms. The Morgan fingerprint density at radius 1 is 1.22 bits per heavy atom. The van der Waals surface area contributed by atoms with Crippen molar-refractivity contribution in [3.63, 3.8) is 0 Å². The molecule has 0 spiro atoms. The maximum atomic E-state index is 12.1. The van der Waals surface area contributed by atoms with Gasteiger partial charge in [-0.1, -0.05) is 23.7 Å². The zero-order chi connectivity index (χ0) is 16.4. The van der Waals surface area contributed by atoms with Crippen LogP contribution in [0.4, 0.5) is 0 Å². The summed E-state index contributed by atoms with van der Waals surface area (Å²) in [6.45, 7) is 3.83. The van der Waals surface area contributed by atoms with Gasteiger partial charge in [-0.3, -0.25) is 0 Å². The predicted molar refractivity (Wildman–Crippen MR) is 93.3 cm³/mol. The van der Waals surface area contributed by atoms with Crippen LogP contribution in [0.1, 0.15) is 26.1 Å². The van der Waals surface area contributed by atoms with Crippen LogP contribution in [0, 0.1) is 13.8 Å². The number of aromatic nitrogens is 2. The van der Waals surface area contributed by atoms with Gasteiger partial charge < -0.3 is 4.74 Å². The lowest BCUT2D eigenvalue weighted by Crippen LogP contribution is -2.05. The standard InChI is InChI=1S/C16H13ClN2O2S2/c1-9-14(23-10(2)18-9)16(20)21-7-13-8-22-15(19-13)11-3-5-12(17)6-4-11/h3-6,8H,7H2,1-2H3. The summed E-state index contributed by atoms with van der Waals surface area (Å²) in [7, 11) is 0. The third kappa shape index (κ3) is 3.77. The number of esters is 1. The highest BCUT2D eigenvalue weighted by Gasteiger charge is 2.16. The topological polar surface area (TPSA) is 52.1 Å². The third-order valence-electron chi connectivity index (χ3n) is 3.08. The van der Waals surface area contributed by atoms with E-state index in [1.165, 1.54) is 22.7 Å². The highest BCUT2D eigenvalue weighted by molar-refractivity contribution is 7.13. The van der Waals surface area contributed by atoms with Crippen molar-refractivity contribution in [2.45, 2.75) is 20.5 Å². The van der Waals surface area contributed by atoms with Crippen LogP contribution in [-0.2, 0) is 11.3 Å². The Balaban J connectivity index is 1.66. The van der Waals surface area contributed by atoms with E-state index in [0.29, 0.717) is 15.6 Å². The highest BCUT2D eigenvalue weighted by atomic mass is 35.5. The number of hydrogen-bond donors (Lipinski definition) is 0. The van der Waals surface area contributed by atoms with E-state index in [1.54, 1.807) is 0 Å². The Morgan fingerprint density at radius 3 is 2.61 bits per heavy atom. The largest absolute Gasteiger partial charge is 0.455 e. The summed E-state index contributed by atoms with van der Waals surface area (Å²) in [4.78, 5) is 21.3. The monoisotopic (exact) mass is 364 g/mol. The van der Waals surface area contributed by atoms with E-state index in [-0.39, 0.29) is 12.6 Å². The Morgan fingerprint density at radius 2 is 1.96 bits per heavy atom. The zero-order valence-electron chi connectivity index (χ0n) is 12.5. The molecule has 7 heteroatoms. The Labute approximate surface area is 146 Å². The van der Waals surface area contributed by atoms with Gasteiger partial charge in [0.25, 0.3) is 0 Å². The molecule has 0 fully saturated rings. The maximum absolute atomic E-state index is 12.1. The fourth-order valence-corrected chi connectivity index (χ4v) is 3.77. The molecule has 0 atom stereocenters. The molecule has 0 radical (unpaired) electrons. The first-order chi connectivity index (χ1) is 11.0. The smallest absolute Gasteiger partial charge is 0.350 e. The van der Waals surface area contributed by atoms with E-state index in [9.17, 15) is 4.79 Å². The molecule has 3 aromatic rings. The van der Waals surface area contributed by atoms with Gasteiger partial charge in [-0.15, -0.1) is 22.7 Å². The van der Waals surface area contributed by atoms with Crippen molar-refractivity contribution in [2.75, 3.05) is 0 Å². The van der Waals surface area contributed by atoms with Gasteiger partial charge in [0.1, 0.15) is 16.5 Å². The van der Waals surface area contributed by atoms with Gasteiger partial charge in [-0.25, -0.2) is 14.8 Å². The highest BCUT2D eigenvalue weighted by Crippen LogP contribution is 2.26. The van der Waals surface area contributed by atoms with Crippen LogP contribution in [0.15, 0.2) is 29.6 Å².